The Bertz CT molecular complexity index is 929. The quantitative estimate of drug-likeness (QED) is 0.248. The molecule has 32 heavy (non-hydrogen) atoms. The number of carboxylic acids is 1. The highest BCUT2D eigenvalue weighted by molar-refractivity contribution is 5.78. The van der Waals surface area contributed by atoms with Crippen molar-refractivity contribution in [3.05, 3.63) is 65.7 Å². The van der Waals surface area contributed by atoms with Gasteiger partial charge in [-0.3, -0.25) is 0 Å². The highest BCUT2D eigenvalue weighted by Gasteiger charge is 2.15. The number of hydrogen-bond acceptors (Lipinski definition) is 7. The van der Waals surface area contributed by atoms with E-state index in [-0.39, 0.29) is 25.6 Å². The van der Waals surface area contributed by atoms with E-state index in [9.17, 15) is 14.7 Å². The van der Waals surface area contributed by atoms with Gasteiger partial charge in [0.05, 0.1) is 18.6 Å². The number of carboxylic acid groups (broad SMARTS) is 1. The first-order valence-electron chi connectivity index (χ1n) is 9.94. The van der Waals surface area contributed by atoms with Gasteiger partial charge in [0, 0.05) is 12.6 Å². The summed E-state index contributed by atoms with van der Waals surface area (Å²) in [5, 5.41) is 20.9. The number of amides is 1. The van der Waals surface area contributed by atoms with Crippen LogP contribution in [-0.4, -0.2) is 36.9 Å². The van der Waals surface area contributed by atoms with E-state index in [1.165, 1.54) is 0 Å². The van der Waals surface area contributed by atoms with Crippen LogP contribution in [-0.2, 0) is 22.6 Å². The van der Waals surface area contributed by atoms with E-state index < -0.39 is 18.1 Å². The van der Waals surface area contributed by atoms with E-state index in [0.717, 1.165) is 11.1 Å². The number of benzene rings is 2. The van der Waals surface area contributed by atoms with Crippen LogP contribution >= 0.6 is 0 Å². The Labute approximate surface area is 185 Å². The first-order valence-corrected chi connectivity index (χ1v) is 9.94. The van der Waals surface area contributed by atoms with Gasteiger partial charge in [0.15, 0.2) is 0 Å². The standard InChI is InChI=1S/C22H27N5O5/c23-21(24)27-25-12-5-9-16-8-4-10-18(14-16)31-13-11-19(20(28)29)26-22(30)32-15-17-6-2-1-3-7-17/h1-4,6-8,10,12,14,19H,5,9,11,13,15H2,(H,26,30)(H,28,29)(H4,23,24,27)/p-1/b25-12+. The molecule has 10 nitrogen and oxygen atoms in total. The van der Waals surface area contributed by atoms with Gasteiger partial charge in [-0.2, -0.15) is 5.10 Å². The van der Waals surface area contributed by atoms with E-state index >= 15 is 0 Å². The zero-order chi connectivity index (χ0) is 23.2. The molecule has 1 amide bonds. The van der Waals surface area contributed by atoms with Crippen molar-refractivity contribution in [2.24, 2.45) is 21.7 Å². The number of alkyl carbamates (subject to hydrolysis) is 1. The molecule has 0 aliphatic rings. The molecule has 1 atom stereocenters. The number of nitrogens with two attached hydrogens (primary N) is 2. The van der Waals surface area contributed by atoms with Crippen molar-refractivity contribution in [1.82, 2.24) is 5.32 Å². The molecule has 0 bridgehead atoms. The maximum absolute atomic E-state index is 11.9. The fourth-order valence-corrected chi connectivity index (χ4v) is 2.64. The molecule has 170 valence electrons. The molecule has 0 heterocycles. The summed E-state index contributed by atoms with van der Waals surface area (Å²) >= 11 is 0. The van der Waals surface area contributed by atoms with Gasteiger partial charge >= 0.3 is 6.09 Å². The van der Waals surface area contributed by atoms with Gasteiger partial charge < -0.3 is 36.2 Å². The molecule has 10 heteroatoms. The second kappa shape index (κ2) is 13.3. The highest BCUT2D eigenvalue weighted by atomic mass is 16.5. The number of carbonyl (C=O) groups excluding carboxylic acids is 2. The molecule has 0 saturated carbocycles. The molecule has 0 aliphatic carbocycles. The average molecular weight is 440 g/mol. The Morgan fingerprint density at radius 2 is 1.84 bits per heavy atom. The summed E-state index contributed by atoms with van der Waals surface area (Å²) < 4.78 is 10.7. The van der Waals surface area contributed by atoms with E-state index in [4.69, 9.17) is 20.9 Å². The Kier molecular flexibility index (Phi) is 10.0. The molecule has 2 rings (SSSR count). The fourth-order valence-electron chi connectivity index (χ4n) is 2.64. The largest absolute Gasteiger partial charge is 0.548 e. The zero-order valence-electron chi connectivity index (χ0n) is 17.5. The van der Waals surface area contributed by atoms with Gasteiger partial charge in [0.1, 0.15) is 12.4 Å². The van der Waals surface area contributed by atoms with Gasteiger partial charge in [0.25, 0.3) is 0 Å². The molecule has 0 spiro atoms. The Morgan fingerprint density at radius 3 is 2.56 bits per heavy atom. The molecular weight excluding hydrogens is 414 g/mol. The van der Waals surface area contributed by atoms with E-state index in [2.05, 4.69) is 15.5 Å². The lowest BCUT2D eigenvalue weighted by atomic mass is 10.1. The monoisotopic (exact) mass is 440 g/mol. The van der Waals surface area contributed by atoms with E-state index in [1.807, 2.05) is 36.4 Å². The summed E-state index contributed by atoms with van der Waals surface area (Å²) in [4.78, 5) is 23.2. The smallest absolute Gasteiger partial charge is 0.407 e. The molecule has 0 fully saturated rings. The molecule has 0 aliphatic heterocycles. The van der Waals surface area contributed by atoms with Crippen LogP contribution in [0.25, 0.3) is 0 Å². The van der Waals surface area contributed by atoms with Gasteiger partial charge in [-0.1, -0.05) is 42.5 Å². The van der Waals surface area contributed by atoms with Crippen LogP contribution in [0.4, 0.5) is 4.79 Å². The van der Waals surface area contributed by atoms with E-state index in [0.29, 0.717) is 18.6 Å². The molecular formula is C22H26N5O5-. The number of rotatable bonds is 12. The number of nitrogens with one attached hydrogen (secondary N) is 1. The third kappa shape index (κ3) is 9.61. The van der Waals surface area contributed by atoms with E-state index in [1.54, 1.807) is 24.4 Å². The Balaban J connectivity index is 1.76. The summed E-state index contributed by atoms with van der Waals surface area (Å²) in [5.41, 5.74) is 12.2. The van der Waals surface area contributed by atoms with Crippen LogP contribution in [0.3, 0.4) is 0 Å². The lowest BCUT2D eigenvalue weighted by Gasteiger charge is -2.19. The molecule has 0 aromatic heterocycles. The van der Waals surface area contributed by atoms with Crippen molar-refractivity contribution < 1.29 is 24.2 Å². The van der Waals surface area contributed by atoms with Crippen LogP contribution in [0.5, 0.6) is 5.75 Å². The third-order valence-corrected chi connectivity index (χ3v) is 4.18. The average Bonchev–Trinajstić information content (AvgIpc) is 2.77. The molecule has 1 unspecified atom stereocenters. The maximum Gasteiger partial charge on any atom is 0.407 e. The van der Waals surface area contributed by atoms with Gasteiger partial charge in [0.2, 0.25) is 5.96 Å². The number of aliphatic carboxylic acids is 1. The van der Waals surface area contributed by atoms with Crippen LogP contribution in [0.15, 0.2) is 64.8 Å². The third-order valence-electron chi connectivity index (χ3n) is 4.18. The minimum Gasteiger partial charge on any atom is -0.548 e. The number of ether oxygens (including phenoxy) is 2. The van der Waals surface area contributed by atoms with Crippen molar-refractivity contribution in [2.45, 2.75) is 31.9 Å². The SMILES string of the molecule is NC(N)=N/N=C/CCc1cccc(OCCC(NC(=O)OCc2ccccc2)C(=O)[O-])c1. The van der Waals surface area contributed by atoms with Gasteiger partial charge in [-0.25, -0.2) is 4.79 Å². The second-order valence-corrected chi connectivity index (χ2v) is 6.72. The zero-order valence-corrected chi connectivity index (χ0v) is 17.5. The van der Waals surface area contributed by atoms with Crippen LogP contribution in [0.2, 0.25) is 0 Å². The Morgan fingerprint density at radius 1 is 1.09 bits per heavy atom. The van der Waals surface area contributed by atoms with Crippen molar-refractivity contribution in [1.29, 1.82) is 0 Å². The number of guanidine groups is 1. The minimum absolute atomic E-state index is 0.0121. The summed E-state index contributed by atoms with van der Waals surface area (Å²) in [6.45, 7) is 0.0966. The minimum atomic E-state index is -1.42. The maximum atomic E-state index is 11.9. The molecule has 2 aromatic rings. The number of aryl methyl sites for hydroxylation is 1. The predicted octanol–water partition coefficient (Wildman–Crippen LogP) is 0.692. The van der Waals surface area contributed by atoms with Crippen LogP contribution < -0.4 is 26.6 Å². The van der Waals surface area contributed by atoms with Crippen molar-refractivity contribution in [3.8, 4) is 5.75 Å². The topological polar surface area (TPSA) is 164 Å². The number of carbonyl (C=O) groups is 2. The first kappa shape index (κ1) is 24.2. The summed E-state index contributed by atoms with van der Waals surface area (Å²) in [5.74, 6) is -0.947. The van der Waals surface area contributed by atoms with Gasteiger partial charge in [-0.05, 0) is 36.1 Å². The van der Waals surface area contributed by atoms with Crippen LogP contribution in [0, 0.1) is 0 Å². The summed E-state index contributed by atoms with van der Waals surface area (Å²) in [6.07, 6.45) is 2.09. The van der Waals surface area contributed by atoms with Crippen molar-refractivity contribution in [3.63, 3.8) is 0 Å². The summed E-state index contributed by atoms with van der Waals surface area (Å²) in [6, 6.07) is 15.2. The van der Waals surface area contributed by atoms with Crippen LogP contribution in [0.1, 0.15) is 24.0 Å². The highest BCUT2D eigenvalue weighted by Crippen LogP contribution is 2.15. The van der Waals surface area contributed by atoms with Gasteiger partial charge in [-0.15, -0.1) is 5.10 Å². The van der Waals surface area contributed by atoms with Crippen molar-refractivity contribution in [2.75, 3.05) is 6.61 Å². The molecule has 2 aromatic carbocycles. The second-order valence-electron chi connectivity index (χ2n) is 6.72. The van der Waals surface area contributed by atoms with Crippen molar-refractivity contribution >= 4 is 24.2 Å². The lowest BCUT2D eigenvalue weighted by Crippen LogP contribution is -2.48. The number of nitrogens with zero attached hydrogens (tertiary/aromatic N) is 2. The Hall–Kier alpha value is -4.08. The first-order chi connectivity index (χ1) is 15.4. The molecule has 0 saturated heterocycles. The summed E-state index contributed by atoms with van der Waals surface area (Å²) in [7, 11) is 0. The normalized spacial score (nSPS) is 11.5. The predicted molar refractivity (Wildman–Crippen MR) is 118 cm³/mol. The molecule has 0 radical (unpaired) electrons. The fraction of sp³-hybridized carbons (Fsp3) is 0.273. The molecule has 5 N–H and O–H groups in total. The number of hydrogen-bond donors (Lipinski definition) is 3. The lowest BCUT2D eigenvalue weighted by molar-refractivity contribution is -0.308.